The molecule has 1 amide bonds. The van der Waals surface area contributed by atoms with Crippen molar-refractivity contribution in [3.8, 4) is 5.75 Å². The summed E-state index contributed by atoms with van der Waals surface area (Å²) in [6.45, 7) is 7.98. The number of carbonyl (C=O) groups is 2. The molecule has 1 atom stereocenters. The summed E-state index contributed by atoms with van der Waals surface area (Å²) < 4.78 is 11.2. The number of amides is 1. The van der Waals surface area contributed by atoms with Gasteiger partial charge in [0.25, 0.3) is 0 Å². The van der Waals surface area contributed by atoms with E-state index in [9.17, 15) is 24.6 Å². The summed E-state index contributed by atoms with van der Waals surface area (Å²) in [5, 5.41) is 24.4. The van der Waals surface area contributed by atoms with Crippen LogP contribution in [0.1, 0.15) is 43.0 Å². The average Bonchev–Trinajstić information content (AvgIpc) is 3.43. The molecule has 5 aromatic rings. The number of fused-ring (bicyclic) bond motifs is 3. The van der Waals surface area contributed by atoms with Gasteiger partial charge < -0.3 is 29.3 Å². The number of nitrogens with one attached hydrogen (secondary N) is 2. The summed E-state index contributed by atoms with van der Waals surface area (Å²) in [6, 6.07) is 7.09. The van der Waals surface area contributed by atoms with Gasteiger partial charge in [-0.15, -0.1) is 0 Å². The predicted octanol–water partition coefficient (Wildman–Crippen LogP) is 4.69. The molecule has 0 bridgehead atoms. The first-order valence-corrected chi connectivity index (χ1v) is 12.2. The van der Waals surface area contributed by atoms with Crippen LogP contribution in [0, 0.1) is 6.92 Å². The van der Waals surface area contributed by atoms with E-state index in [0.717, 1.165) is 16.5 Å². The number of carbonyl (C=O) groups excluding carboxylic acids is 1. The Hall–Kier alpha value is -4.53. The summed E-state index contributed by atoms with van der Waals surface area (Å²) in [5.41, 5.74) is 3.25. The maximum atomic E-state index is 13.0. The first kappa shape index (κ1) is 25.1. The lowest BCUT2D eigenvalue weighted by Crippen LogP contribution is -2.43. The number of carboxylic acid groups (broad SMARTS) is 1. The van der Waals surface area contributed by atoms with E-state index >= 15 is 0 Å². The van der Waals surface area contributed by atoms with Crippen molar-refractivity contribution in [2.75, 3.05) is 0 Å². The highest BCUT2D eigenvalue weighted by atomic mass is 16.4. The van der Waals surface area contributed by atoms with Gasteiger partial charge in [-0.1, -0.05) is 20.8 Å². The second-order valence-corrected chi connectivity index (χ2v) is 10.6. The van der Waals surface area contributed by atoms with E-state index in [2.05, 4.69) is 31.1 Å². The molecule has 3 aromatic heterocycles. The van der Waals surface area contributed by atoms with Crippen LogP contribution in [0.3, 0.4) is 0 Å². The Labute approximate surface area is 217 Å². The highest BCUT2D eigenvalue weighted by Gasteiger charge is 2.25. The Morgan fingerprint density at radius 1 is 1.08 bits per heavy atom. The lowest BCUT2D eigenvalue weighted by molar-refractivity contribution is -0.141. The Morgan fingerprint density at radius 2 is 1.84 bits per heavy atom. The van der Waals surface area contributed by atoms with E-state index in [1.165, 1.54) is 12.1 Å². The third-order valence-corrected chi connectivity index (χ3v) is 6.94. The smallest absolute Gasteiger partial charge is 0.340 e. The monoisotopic (exact) mass is 516 g/mol. The van der Waals surface area contributed by atoms with Crippen molar-refractivity contribution < 1.29 is 28.6 Å². The molecule has 5 rings (SSSR count). The zero-order chi connectivity index (χ0) is 27.4. The van der Waals surface area contributed by atoms with Crippen LogP contribution in [0.25, 0.3) is 32.8 Å². The zero-order valence-corrected chi connectivity index (χ0v) is 21.5. The quantitative estimate of drug-likeness (QED) is 0.240. The summed E-state index contributed by atoms with van der Waals surface area (Å²) in [4.78, 5) is 40.8. The molecule has 0 saturated heterocycles. The standard InChI is InChI=1S/C29H28N2O7/c1-14-17-9-20-21(29(2,3)4)13-37-24(20)11-25(17)38-28(36)18(14)10-26(33)31-23(27(34)35)7-15-12-30-22-6-5-16(32)8-19(15)22/h5-6,8-9,11-13,23,30,32H,7,10H2,1-4H3,(H,31,33)(H,34,35)/t23-/m1/s1. The average molecular weight is 517 g/mol. The molecule has 0 spiro atoms. The Kier molecular flexibility index (Phi) is 6.01. The van der Waals surface area contributed by atoms with Gasteiger partial charge in [0.1, 0.15) is 23.0 Å². The minimum atomic E-state index is -1.24. The topological polar surface area (TPSA) is 146 Å². The number of hydrogen-bond donors (Lipinski definition) is 4. The second kappa shape index (κ2) is 9.09. The fourth-order valence-electron chi connectivity index (χ4n) is 4.86. The van der Waals surface area contributed by atoms with Gasteiger partial charge in [-0.3, -0.25) is 4.79 Å². The van der Waals surface area contributed by atoms with Gasteiger partial charge in [-0.05, 0) is 47.7 Å². The Bertz CT molecular complexity index is 1780. The number of rotatable bonds is 6. The van der Waals surface area contributed by atoms with Gasteiger partial charge in [0.15, 0.2) is 0 Å². The van der Waals surface area contributed by atoms with Gasteiger partial charge in [0.2, 0.25) is 5.91 Å². The SMILES string of the molecule is Cc1c(CC(=O)N[C@H](Cc2c[nH]c3ccc(O)cc23)C(=O)O)c(=O)oc2cc3occ(C(C)(C)C)c3cc12. The van der Waals surface area contributed by atoms with Gasteiger partial charge in [-0.25, -0.2) is 9.59 Å². The number of benzene rings is 2. The number of phenolic OH excluding ortho intramolecular Hbond substituents is 1. The minimum Gasteiger partial charge on any atom is -0.508 e. The third kappa shape index (κ3) is 4.51. The lowest BCUT2D eigenvalue weighted by Gasteiger charge is -2.17. The number of furan rings is 1. The largest absolute Gasteiger partial charge is 0.508 e. The number of aryl methyl sites for hydroxylation is 1. The van der Waals surface area contributed by atoms with Crippen LogP contribution in [0.15, 0.2) is 56.4 Å². The van der Waals surface area contributed by atoms with Crippen molar-refractivity contribution in [2.45, 2.75) is 52.0 Å². The summed E-state index contributed by atoms with van der Waals surface area (Å²) in [5.74, 6) is -1.78. The van der Waals surface area contributed by atoms with Crippen molar-refractivity contribution in [2.24, 2.45) is 0 Å². The van der Waals surface area contributed by atoms with Gasteiger partial charge >= 0.3 is 11.6 Å². The maximum Gasteiger partial charge on any atom is 0.340 e. The van der Waals surface area contributed by atoms with Crippen LogP contribution in [-0.2, 0) is 27.8 Å². The number of aromatic amines is 1. The highest BCUT2D eigenvalue weighted by Crippen LogP contribution is 2.35. The fourth-order valence-corrected chi connectivity index (χ4v) is 4.86. The van der Waals surface area contributed by atoms with E-state index in [4.69, 9.17) is 8.83 Å². The van der Waals surface area contributed by atoms with E-state index < -0.39 is 23.5 Å². The molecule has 196 valence electrons. The highest BCUT2D eigenvalue weighted by molar-refractivity contribution is 5.97. The van der Waals surface area contributed by atoms with Crippen molar-refractivity contribution >= 4 is 44.7 Å². The normalized spacial score (nSPS) is 12.8. The van der Waals surface area contributed by atoms with Crippen LogP contribution in [0.2, 0.25) is 0 Å². The number of aliphatic carboxylic acids is 1. The number of aromatic hydroxyl groups is 1. The van der Waals surface area contributed by atoms with E-state index in [0.29, 0.717) is 33.1 Å². The minimum absolute atomic E-state index is 0.0100. The zero-order valence-electron chi connectivity index (χ0n) is 21.5. The van der Waals surface area contributed by atoms with Crippen molar-refractivity contribution in [1.82, 2.24) is 10.3 Å². The summed E-state index contributed by atoms with van der Waals surface area (Å²) >= 11 is 0. The van der Waals surface area contributed by atoms with Crippen LogP contribution < -0.4 is 10.9 Å². The molecule has 0 aliphatic rings. The fraction of sp³-hybridized carbons (Fsp3) is 0.276. The van der Waals surface area contributed by atoms with Gasteiger partial charge in [-0.2, -0.15) is 0 Å². The molecule has 0 radical (unpaired) electrons. The first-order chi connectivity index (χ1) is 17.9. The lowest BCUT2D eigenvalue weighted by atomic mass is 9.86. The Balaban J connectivity index is 1.43. The van der Waals surface area contributed by atoms with Crippen molar-refractivity contribution in [3.05, 3.63) is 75.5 Å². The molecule has 0 saturated carbocycles. The molecular formula is C29H28N2O7. The number of aromatic nitrogens is 1. The van der Waals surface area contributed by atoms with Crippen LogP contribution >= 0.6 is 0 Å². The van der Waals surface area contributed by atoms with Crippen LogP contribution in [0.5, 0.6) is 5.75 Å². The Morgan fingerprint density at radius 3 is 2.55 bits per heavy atom. The molecule has 0 fully saturated rings. The number of hydrogen-bond acceptors (Lipinski definition) is 6. The van der Waals surface area contributed by atoms with E-state index in [1.807, 2.05) is 6.07 Å². The summed E-state index contributed by atoms with van der Waals surface area (Å²) in [6.07, 6.45) is 3.01. The van der Waals surface area contributed by atoms with Gasteiger partial charge in [0.05, 0.1) is 18.2 Å². The maximum absolute atomic E-state index is 13.0. The van der Waals surface area contributed by atoms with E-state index in [1.54, 1.807) is 31.5 Å². The summed E-state index contributed by atoms with van der Waals surface area (Å²) in [7, 11) is 0. The van der Waals surface area contributed by atoms with Crippen LogP contribution in [0.4, 0.5) is 0 Å². The third-order valence-electron chi connectivity index (χ3n) is 6.94. The molecule has 4 N–H and O–H groups in total. The van der Waals surface area contributed by atoms with Crippen molar-refractivity contribution in [1.29, 1.82) is 0 Å². The molecular weight excluding hydrogens is 488 g/mol. The predicted molar refractivity (Wildman–Crippen MR) is 143 cm³/mol. The van der Waals surface area contributed by atoms with E-state index in [-0.39, 0.29) is 29.6 Å². The molecule has 0 unspecified atom stereocenters. The molecule has 0 aliphatic heterocycles. The molecule has 0 aliphatic carbocycles. The van der Waals surface area contributed by atoms with Gasteiger partial charge in [0, 0.05) is 45.9 Å². The van der Waals surface area contributed by atoms with Crippen molar-refractivity contribution in [3.63, 3.8) is 0 Å². The van der Waals surface area contributed by atoms with Crippen LogP contribution in [-0.4, -0.2) is 33.1 Å². The molecule has 3 heterocycles. The molecule has 9 heteroatoms. The molecule has 2 aromatic carbocycles. The first-order valence-electron chi connectivity index (χ1n) is 12.2. The number of phenols is 1. The second-order valence-electron chi connectivity index (χ2n) is 10.6. The number of H-pyrrole nitrogens is 1. The number of carboxylic acids is 1. The molecule has 9 nitrogen and oxygen atoms in total. The molecule has 38 heavy (non-hydrogen) atoms.